The van der Waals surface area contributed by atoms with E-state index in [0.29, 0.717) is 17.3 Å². The number of nitrogens with zero attached hydrogens (tertiary/aromatic N) is 4. The molecule has 3 aromatic rings. The summed E-state index contributed by atoms with van der Waals surface area (Å²) in [6.45, 7) is 4.37. The van der Waals surface area contributed by atoms with Gasteiger partial charge in [-0.15, -0.1) is 0 Å². The lowest BCUT2D eigenvalue weighted by Gasteiger charge is -2.06. The van der Waals surface area contributed by atoms with Gasteiger partial charge in [0.15, 0.2) is 5.82 Å². The first-order chi connectivity index (χ1) is 12.1. The summed E-state index contributed by atoms with van der Waals surface area (Å²) in [7, 11) is 1.54. The van der Waals surface area contributed by atoms with E-state index in [-0.39, 0.29) is 19.1 Å². The molecule has 0 atom stereocenters. The number of amides is 1. The molecule has 8 nitrogen and oxygen atoms in total. The zero-order valence-electron chi connectivity index (χ0n) is 14.3. The highest BCUT2D eigenvalue weighted by atomic mass is 16.5. The molecule has 1 amide bonds. The van der Waals surface area contributed by atoms with Crippen LogP contribution >= 0.6 is 0 Å². The van der Waals surface area contributed by atoms with E-state index in [9.17, 15) is 4.79 Å². The van der Waals surface area contributed by atoms with Crippen LogP contribution in [-0.2, 0) is 17.9 Å². The van der Waals surface area contributed by atoms with Gasteiger partial charge >= 0.3 is 0 Å². The maximum Gasteiger partial charge on any atom is 0.252 e. The van der Waals surface area contributed by atoms with Gasteiger partial charge in [-0.3, -0.25) is 4.79 Å². The van der Waals surface area contributed by atoms with Gasteiger partial charge in [-0.25, -0.2) is 4.68 Å². The van der Waals surface area contributed by atoms with E-state index in [1.165, 1.54) is 0 Å². The molecule has 0 bridgehead atoms. The predicted octanol–water partition coefficient (Wildman–Crippen LogP) is 1.95. The number of aryl methyl sites for hydroxylation is 2. The minimum atomic E-state index is -0.210. The van der Waals surface area contributed by atoms with Crippen LogP contribution in [0, 0.1) is 13.8 Å². The fourth-order valence-corrected chi connectivity index (χ4v) is 2.45. The van der Waals surface area contributed by atoms with Crippen molar-refractivity contribution < 1.29 is 14.1 Å². The van der Waals surface area contributed by atoms with E-state index in [1.807, 2.05) is 36.7 Å². The first kappa shape index (κ1) is 16.8. The number of carbonyl (C=O) groups excluding carboxylic acids is 1. The maximum atomic E-state index is 12.2. The highest BCUT2D eigenvalue weighted by Crippen LogP contribution is 2.13. The summed E-state index contributed by atoms with van der Waals surface area (Å²) >= 11 is 0. The average Bonchev–Trinajstić information content (AvgIpc) is 3.19. The number of hydrogen-bond donors (Lipinski definition) is 1. The Morgan fingerprint density at radius 1 is 1.28 bits per heavy atom. The number of nitrogens with one attached hydrogen (secondary N) is 1. The minimum Gasteiger partial charge on any atom is -0.375 e. The number of hydrogen-bond acceptors (Lipinski definition) is 6. The van der Waals surface area contributed by atoms with E-state index < -0.39 is 0 Å². The third-order valence-corrected chi connectivity index (χ3v) is 3.57. The lowest BCUT2D eigenvalue weighted by atomic mass is 10.2. The molecule has 0 spiro atoms. The second-order valence-corrected chi connectivity index (χ2v) is 5.61. The van der Waals surface area contributed by atoms with Gasteiger partial charge in [0.1, 0.15) is 6.61 Å². The van der Waals surface area contributed by atoms with E-state index in [4.69, 9.17) is 9.26 Å². The van der Waals surface area contributed by atoms with Crippen LogP contribution in [0.1, 0.15) is 33.5 Å². The van der Waals surface area contributed by atoms with Crippen LogP contribution in [0.2, 0.25) is 0 Å². The van der Waals surface area contributed by atoms with Crippen LogP contribution < -0.4 is 5.32 Å². The van der Waals surface area contributed by atoms with Gasteiger partial charge < -0.3 is 14.6 Å². The molecule has 0 unspecified atom stereocenters. The summed E-state index contributed by atoms with van der Waals surface area (Å²) in [5.74, 6) is 0.568. The third kappa shape index (κ3) is 3.92. The molecule has 130 valence electrons. The third-order valence-electron chi connectivity index (χ3n) is 3.57. The molecule has 0 saturated heterocycles. The monoisotopic (exact) mass is 341 g/mol. The van der Waals surface area contributed by atoms with E-state index in [2.05, 4.69) is 20.6 Å². The molecule has 0 saturated carbocycles. The predicted molar refractivity (Wildman–Crippen MR) is 89.2 cm³/mol. The van der Waals surface area contributed by atoms with Crippen LogP contribution in [0.4, 0.5) is 0 Å². The molecule has 0 radical (unpaired) electrons. The Hall–Kier alpha value is -3.00. The number of carbonyl (C=O) groups is 1. The van der Waals surface area contributed by atoms with Crippen molar-refractivity contribution in [3.63, 3.8) is 0 Å². The lowest BCUT2D eigenvalue weighted by Crippen LogP contribution is -2.23. The minimum absolute atomic E-state index is 0.186. The fraction of sp³-hybridized carbons (Fsp3) is 0.294. The van der Waals surface area contributed by atoms with Crippen molar-refractivity contribution in [3.8, 4) is 5.69 Å². The van der Waals surface area contributed by atoms with Crippen LogP contribution in [0.25, 0.3) is 5.69 Å². The summed E-state index contributed by atoms with van der Waals surface area (Å²) in [5.41, 5.74) is 3.45. The number of benzene rings is 1. The van der Waals surface area contributed by atoms with Crippen molar-refractivity contribution in [3.05, 3.63) is 59.0 Å². The van der Waals surface area contributed by atoms with Gasteiger partial charge in [0.25, 0.3) is 11.8 Å². The van der Waals surface area contributed by atoms with Gasteiger partial charge in [-0.1, -0.05) is 5.16 Å². The number of aromatic nitrogens is 4. The molecule has 25 heavy (non-hydrogen) atoms. The molecular formula is C17H19N5O3. The second-order valence-electron chi connectivity index (χ2n) is 5.61. The van der Waals surface area contributed by atoms with E-state index in [1.54, 1.807) is 19.2 Å². The standard InChI is InChI=1S/C17H19N5O3/c1-11-8-12(2)22(20-11)14-6-4-13(5-7-14)17(23)18-9-15-19-16(10-24-3)25-21-15/h4-8H,9-10H2,1-3H3,(H,18,23). The SMILES string of the molecule is COCc1nc(CNC(=O)c2ccc(-n3nc(C)cc3C)cc2)no1. The van der Waals surface area contributed by atoms with Crippen LogP contribution in [0.5, 0.6) is 0 Å². The number of ether oxygens (including phenoxy) is 1. The average molecular weight is 341 g/mol. The molecule has 0 fully saturated rings. The van der Waals surface area contributed by atoms with Crippen LogP contribution in [-0.4, -0.2) is 32.9 Å². The van der Waals surface area contributed by atoms with Crippen LogP contribution in [0.15, 0.2) is 34.9 Å². The van der Waals surface area contributed by atoms with E-state index in [0.717, 1.165) is 17.1 Å². The zero-order chi connectivity index (χ0) is 17.8. The summed E-state index contributed by atoms with van der Waals surface area (Å²) in [6, 6.07) is 9.24. The van der Waals surface area contributed by atoms with Gasteiger partial charge in [0, 0.05) is 18.4 Å². The molecule has 0 aliphatic rings. The Labute approximate surface area is 144 Å². The summed E-state index contributed by atoms with van der Waals surface area (Å²) in [4.78, 5) is 16.3. The molecular weight excluding hydrogens is 322 g/mol. The lowest BCUT2D eigenvalue weighted by molar-refractivity contribution is 0.0949. The zero-order valence-corrected chi connectivity index (χ0v) is 14.3. The Bertz CT molecular complexity index is 867. The molecule has 2 aromatic heterocycles. The first-order valence-corrected chi connectivity index (χ1v) is 7.79. The molecule has 3 rings (SSSR count). The topological polar surface area (TPSA) is 95.1 Å². The highest BCUT2D eigenvalue weighted by molar-refractivity contribution is 5.94. The van der Waals surface area contributed by atoms with Gasteiger partial charge in [0.05, 0.1) is 17.9 Å². The summed E-state index contributed by atoms with van der Waals surface area (Å²) in [6.07, 6.45) is 0. The maximum absolute atomic E-state index is 12.2. The largest absolute Gasteiger partial charge is 0.375 e. The second kappa shape index (κ2) is 7.27. The number of methoxy groups -OCH3 is 1. The Balaban J connectivity index is 1.63. The van der Waals surface area contributed by atoms with E-state index >= 15 is 0 Å². The van der Waals surface area contributed by atoms with Crippen molar-refractivity contribution in [2.24, 2.45) is 0 Å². The van der Waals surface area contributed by atoms with Crippen molar-refractivity contribution in [2.45, 2.75) is 27.0 Å². The quantitative estimate of drug-likeness (QED) is 0.736. The fourth-order valence-electron chi connectivity index (χ4n) is 2.45. The van der Waals surface area contributed by atoms with Crippen molar-refractivity contribution in [2.75, 3.05) is 7.11 Å². The Kier molecular flexibility index (Phi) is 4.90. The van der Waals surface area contributed by atoms with Crippen molar-refractivity contribution in [1.29, 1.82) is 0 Å². The Morgan fingerprint density at radius 3 is 2.68 bits per heavy atom. The van der Waals surface area contributed by atoms with Gasteiger partial charge in [-0.2, -0.15) is 10.1 Å². The molecule has 0 aliphatic carbocycles. The summed E-state index contributed by atoms with van der Waals surface area (Å²) in [5, 5.41) is 11.0. The van der Waals surface area contributed by atoms with Gasteiger partial charge in [0.2, 0.25) is 0 Å². The molecule has 2 heterocycles. The van der Waals surface area contributed by atoms with Gasteiger partial charge in [-0.05, 0) is 44.2 Å². The smallest absolute Gasteiger partial charge is 0.252 e. The molecule has 8 heteroatoms. The van der Waals surface area contributed by atoms with Crippen molar-refractivity contribution in [1.82, 2.24) is 25.2 Å². The van der Waals surface area contributed by atoms with Crippen LogP contribution in [0.3, 0.4) is 0 Å². The Morgan fingerprint density at radius 2 is 2.04 bits per heavy atom. The highest BCUT2D eigenvalue weighted by Gasteiger charge is 2.10. The molecule has 1 aromatic carbocycles. The normalized spacial score (nSPS) is 10.8. The molecule has 0 aliphatic heterocycles. The molecule has 1 N–H and O–H groups in total. The number of rotatable bonds is 6. The van der Waals surface area contributed by atoms with Crippen molar-refractivity contribution >= 4 is 5.91 Å². The first-order valence-electron chi connectivity index (χ1n) is 7.79. The summed E-state index contributed by atoms with van der Waals surface area (Å²) < 4.78 is 11.7.